The van der Waals surface area contributed by atoms with E-state index in [2.05, 4.69) is 26.0 Å². The summed E-state index contributed by atoms with van der Waals surface area (Å²) in [6.45, 7) is 1.77. The van der Waals surface area contributed by atoms with Crippen LogP contribution in [0.1, 0.15) is 10.7 Å². The molecule has 2 rings (SSSR count). The fourth-order valence-corrected chi connectivity index (χ4v) is 2.27. The summed E-state index contributed by atoms with van der Waals surface area (Å²) >= 11 is 10.1. The van der Waals surface area contributed by atoms with Crippen LogP contribution in [0.25, 0.3) is 4.96 Å². The van der Waals surface area contributed by atoms with E-state index in [-0.39, 0.29) is 5.56 Å². The van der Waals surface area contributed by atoms with E-state index in [9.17, 15) is 4.79 Å². The minimum atomic E-state index is -0.194. The molecule has 0 unspecified atom stereocenters. The first-order chi connectivity index (χ1) is 6.63. The van der Waals surface area contributed by atoms with Gasteiger partial charge in [-0.1, -0.05) is 11.3 Å². The highest BCUT2D eigenvalue weighted by atomic mass is 79.9. The smallest absolute Gasteiger partial charge is 0.266 e. The second-order valence-electron chi connectivity index (χ2n) is 2.64. The van der Waals surface area contributed by atoms with Crippen molar-refractivity contribution in [3.63, 3.8) is 0 Å². The van der Waals surface area contributed by atoms with Crippen molar-refractivity contribution in [2.24, 2.45) is 0 Å². The maximum atomic E-state index is 11.7. The van der Waals surface area contributed by atoms with Gasteiger partial charge < -0.3 is 0 Å². The third-order valence-corrected chi connectivity index (χ3v) is 3.91. The molecule has 2 heterocycles. The van der Waals surface area contributed by atoms with Crippen molar-refractivity contribution < 1.29 is 0 Å². The molecule has 0 aromatic carbocycles. The van der Waals surface area contributed by atoms with Gasteiger partial charge in [0.25, 0.3) is 5.56 Å². The lowest BCUT2D eigenvalue weighted by atomic mass is 10.5. The predicted octanol–water partition coefficient (Wildman–Crippen LogP) is 1.96. The highest BCUT2D eigenvalue weighted by molar-refractivity contribution is 9.10. The fourth-order valence-electron chi connectivity index (χ4n) is 1.02. The Bertz CT molecular complexity index is 550. The Balaban J connectivity index is 2.88. The van der Waals surface area contributed by atoms with Gasteiger partial charge in [0.1, 0.15) is 9.48 Å². The lowest BCUT2D eigenvalue weighted by Gasteiger charge is -1.95. The number of hydrogen-bond acceptors (Lipinski definition) is 4. The Labute approximate surface area is 96.7 Å². The molecular weight excluding hydrogens is 290 g/mol. The fraction of sp³-hybridized carbons (Fsp3) is 0.286. The first-order valence-corrected chi connectivity index (χ1v) is 5.88. The summed E-state index contributed by atoms with van der Waals surface area (Å²) in [5, 5.41) is 4.72. The third kappa shape index (κ3) is 1.47. The van der Waals surface area contributed by atoms with Gasteiger partial charge in [-0.2, -0.15) is 9.61 Å². The Morgan fingerprint density at radius 3 is 3.00 bits per heavy atom. The molecule has 0 fully saturated rings. The number of fused-ring (bicyclic) bond motifs is 1. The molecule has 0 saturated carbocycles. The molecule has 74 valence electrons. The normalized spacial score (nSPS) is 11.1. The predicted molar refractivity (Wildman–Crippen MR) is 59.1 cm³/mol. The van der Waals surface area contributed by atoms with E-state index in [0.29, 0.717) is 26.0 Å². The molecular formula is C7H5BrClN3OS. The second-order valence-corrected chi connectivity index (χ2v) is 4.74. The van der Waals surface area contributed by atoms with Crippen LogP contribution in [-0.2, 0) is 5.88 Å². The molecule has 0 aliphatic heterocycles. The summed E-state index contributed by atoms with van der Waals surface area (Å²) in [6.07, 6.45) is 0. The zero-order valence-corrected chi connectivity index (χ0v) is 10.3. The van der Waals surface area contributed by atoms with Gasteiger partial charge in [0.2, 0.25) is 4.96 Å². The molecule has 0 N–H and O–H groups in total. The van der Waals surface area contributed by atoms with E-state index in [1.807, 2.05) is 0 Å². The zero-order chi connectivity index (χ0) is 10.3. The minimum absolute atomic E-state index is 0.194. The maximum Gasteiger partial charge on any atom is 0.289 e. The van der Waals surface area contributed by atoms with Gasteiger partial charge in [-0.25, -0.2) is 4.98 Å². The number of rotatable bonds is 1. The molecule has 0 aliphatic rings. The number of aryl methyl sites for hydroxylation is 1. The molecule has 0 amide bonds. The molecule has 14 heavy (non-hydrogen) atoms. The molecule has 0 saturated heterocycles. The van der Waals surface area contributed by atoms with Gasteiger partial charge >= 0.3 is 0 Å². The molecule has 0 atom stereocenters. The van der Waals surface area contributed by atoms with Gasteiger partial charge in [0, 0.05) is 0 Å². The summed E-state index contributed by atoms with van der Waals surface area (Å²) in [4.78, 5) is 16.4. The van der Waals surface area contributed by atoms with Crippen LogP contribution in [0, 0.1) is 6.92 Å². The minimum Gasteiger partial charge on any atom is -0.266 e. The SMILES string of the molecule is Cc1nc2sc(CCl)nn2c(=O)c1Br. The number of halogens is 2. The Morgan fingerprint density at radius 2 is 2.36 bits per heavy atom. The topological polar surface area (TPSA) is 47.3 Å². The number of aromatic nitrogens is 3. The van der Waals surface area contributed by atoms with E-state index in [1.165, 1.54) is 15.9 Å². The van der Waals surface area contributed by atoms with E-state index in [4.69, 9.17) is 11.6 Å². The van der Waals surface area contributed by atoms with Crippen molar-refractivity contribution >= 4 is 43.8 Å². The van der Waals surface area contributed by atoms with E-state index in [0.717, 1.165) is 0 Å². The summed E-state index contributed by atoms with van der Waals surface area (Å²) < 4.78 is 1.71. The Morgan fingerprint density at radius 1 is 1.64 bits per heavy atom. The van der Waals surface area contributed by atoms with Crippen LogP contribution in [-0.4, -0.2) is 14.6 Å². The quantitative estimate of drug-likeness (QED) is 0.755. The largest absolute Gasteiger partial charge is 0.289 e. The molecule has 7 heteroatoms. The average Bonchev–Trinajstić information content (AvgIpc) is 2.57. The summed E-state index contributed by atoms with van der Waals surface area (Å²) in [7, 11) is 0. The van der Waals surface area contributed by atoms with Crippen molar-refractivity contribution in [2.75, 3.05) is 0 Å². The lowest BCUT2D eigenvalue weighted by Crippen LogP contribution is -2.17. The van der Waals surface area contributed by atoms with Crippen molar-refractivity contribution in [3.05, 3.63) is 25.5 Å². The second kappa shape index (κ2) is 3.60. The highest BCUT2D eigenvalue weighted by Crippen LogP contribution is 2.16. The molecule has 0 aliphatic carbocycles. The molecule has 0 radical (unpaired) electrons. The first kappa shape index (κ1) is 10.1. The Hall–Kier alpha value is -0.460. The summed E-state index contributed by atoms with van der Waals surface area (Å²) in [5.74, 6) is 0.296. The summed E-state index contributed by atoms with van der Waals surface area (Å²) in [6, 6.07) is 0. The van der Waals surface area contributed by atoms with E-state index >= 15 is 0 Å². The van der Waals surface area contributed by atoms with Crippen molar-refractivity contribution in [1.29, 1.82) is 0 Å². The molecule has 2 aromatic rings. The van der Waals surface area contributed by atoms with Gasteiger partial charge in [-0.05, 0) is 22.9 Å². The van der Waals surface area contributed by atoms with Crippen LogP contribution in [0.15, 0.2) is 9.27 Å². The van der Waals surface area contributed by atoms with Gasteiger partial charge in [0.15, 0.2) is 0 Å². The van der Waals surface area contributed by atoms with Crippen LogP contribution in [0.5, 0.6) is 0 Å². The molecule has 2 aromatic heterocycles. The summed E-state index contributed by atoms with van der Waals surface area (Å²) in [5.41, 5.74) is 0.472. The van der Waals surface area contributed by atoms with Gasteiger partial charge in [-0.15, -0.1) is 11.6 Å². The van der Waals surface area contributed by atoms with Crippen molar-refractivity contribution in [1.82, 2.24) is 14.6 Å². The van der Waals surface area contributed by atoms with Crippen LogP contribution in [0.2, 0.25) is 0 Å². The lowest BCUT2D eigenvalue weighted by molar-refractivity contribution is 0.861. The Kier molecular flexibility index (Phi) is 2.59. The van der Waals surface area contributed by atoms with Crippen LogP contribution < -0.4 is 5.56 Å². The zero-order valence-electron chi connectivity index (χ0n) is 7.12. The molecule has 0 spiro atoms. The maximum absolute atomic E-state index is 11.7. The number of nitrogens with zero attached hydrogens (tertiary/aromatic N) is 3. The standard InChI is InChI=1S/C7H5BrClN3OS/c1-3-5(8)6(13)12-7(10-3)14-4(2-9)11-12/h2H2,1H3. The third-order valence-electron chi connectivity index (χ3n) is 1.68. The number of hydrogen-bond donors (Lipinski definition) is 0. The molecule has 4 nitrogen and oxygen atoms in total. The highest BCUT2D eigenvalue weighted by Gasteiger charge is 2.10. The first-order valence-electron chi connectivity index (χ1n) is 3.74. The van der Waals surface area contributed by atoms with Crippen molar-refractivity contribution in [3.8, 4) is 0 Å². The van der Waals surface area contributed by atoms with Gasteiger partial charge in [-0.3, -0.25) is 4.79 Å². The van der Waals surface area contributed by atoms with Crippen LogP contribution >= 0.6 is 38.9 Å². The van der Waals surface area contributed by atoms with Crippen LogP contribution in [0.4, 0.5) is 0 Å². The van der Waals surface area contributed by atoms with E-state index < -0.39 is 0 Å². The van der Waals surface area contributed by atoms with Crippen LogP contribution in [0.3, 0.4) is 0 Å². The van der Waals surface area contributed by atoms with Gasteiger partial charge in [0.05, 0.1) is 11.6 Å². The molecule has 0 bridgehead atoms. The number of alkyl halides is 1. The van der Waals surface area contributed by atoms with E-state index in [1.54, 1.807) is 6.92 Å². The van der Waals surface area contributed by atoms with Crippen molar-refractivity contribution in [2.45, 2.75) is 12.8 Å². The average molecular weight is 295 g/mol. The monoisotopic (exact) mass is 293 g/mol.